The van der Waals surface area contributed by atoms with E-state index in [1.54, 1.807) is 20.9 Å². The molecule has 0 aliphatic carbocycles. The minimum atomic E-state index is -0.342. The van der Waals surface area contributed by atoms with Crippen LogP contribution >= 0.6 is 35.3 Å². The van der Waals surface area contributed by atoms with Gasteiger partial charge in [-0.05, 0) is 43.9 Å². The van der Waals surface area contributed by atoms with E-state index in [9.17, 15) is 24.0 Å². The normalized spacial score (nSPS) is 11.5. The lowest BCUT2D eigenvalue weighted by molar-refractivity contribution is -0.117. The van der Waals surface area contributed by atoms with Gasteiger partial charge in [0.1, 0.15) is 18.1 Å². The summed E-state index contributed by atoms with van der Waals surface area (Å²) in [6.45, 7) is 13.7. The second-order valence-electron chi connectivity index (χ2n) is 10.2. The van der Waals surface area contributed by atoms with Gasteiger partial charge in [-0.2, -0.15) is 0 Å². The summed E-state index contributed by atoms with van der Waals surface area (Å²) in [5.41, 5.74) is 0.978. The molecule has 0 saturated heterocycles. The van der Waals surface area contributed by atoms with Gasteiger partial charge in [-0.1, -0.05) is 107 Å². The van der Waals surface area contributed by atoms with E-state index in [-0.39, 0.29) is 26.4 Å². The fourth-order valence-electron chi connectivity index (χ4n) is 3.57. The lowest BCUT2D eigenvalue weighted by Gasteiger charge is -2.13. The van der Waals surface area contributed by atoms with Crippen molar-refractivity contribution in [1.82, 2.24) is 4.90 Å². The second-order valence-corrected chi connectivity index (χ2v) is 14.3. The van der Waals surface area contributed by atoms with Gasteiger partial charge in [0.2, 0.25) is 6.41 Å². The standard InChI is InChI=1S/C16H21NO4S.C12H22O2S2.C5H12/c1-12(19)16(22-13(2)20)10-14-4-6-15(7-5-14)21-9-8-17(3)11-18;1-4-5-6-7-12(16-11(3)14)8-9-15-10(2)13;1-3-5-4-2/h4-7,11,16H,8-10H2,1-3H3;12H,4-9H2,1-3H3;3-5H2,1-2H3. The van der Waals surface area contributed by atoms with E-state index in [1.165, 1.54) is 80.8 Å². The van der Waals surface area contributed by atoms with Crippen molar-refractivity contribution in [2.24, 2.45) is 0 Å². The largest absolute Gasteiger partial charge is 0.492 e. The number of ether oxygens (including phenoxy) is 1. The molecule has 0 N–H and O–H groups in total. The fraction of sp³-hybridized carbons (Fsp3) is 0.667. The second kappa shape index (κ2) is 29.0. The van der Waals surface area contributed by atoms with Crippen LogP contribution in [0.4, 0.5) is 0 Å². The van der Waals surface area contributed by atoms with Gasteiger partial charge in [0.25, 0.3) is 0 Å². The van der Waals surface area contributed by atoms with Crippen molar-refractivity contribution in [2.75, 3.05) is 26.0 Å². The zero-order valence-corrected chi connectivity index (χ0v) is 30.1. The molecule has 1 aromatic rings. The molecule has 0 aromatic heterocycles. The maximum Gasteiger partial charge on any atom is 0.209 e. The van der Waals surface area contributed by atoms with E-state index in [2.05, 4.69) is 20.8 Å². The summed E-state index contributed by atoms with van der Waals surface area (Å²) in [6, 6.07) is 7.42. The number of likely N-dealkylation sites (N-methyl/N-ethyl adjacent to an activating group) is 1. The van der Waals surface area contributed by atoms with Crippen molar-refractivity contribution in [3.05, 3.63) is 29.8 Å². The predicted molar refractivity (Wildman–Crippen MR) is 186 cm³/mol. The van der Waals surface area contributed by atoms with Gasteiger partial charge in [-0.25, -0.2) is 0 Å². The lowest BCUT2D eigenvalue weighted by atomic mass is 10.1. The summed E-state index contributed by atoms with van der Waals surface area (Å²) < 4.78 is 5.52. The van der Waals surface area contributed by atoms with E-state index >= 15 is 0 Å². The maximum atomic E-state index is 11.6. The Morgan fingerprint density at radius 3 is 1.84 bits per heavy atom. The molecule has 2 atom stereocenters. The third-order valence-corrected chi connectivity index (χ3v) is 9.01. The Morgan fingerprint density at radius 2 is 1.40 bits per heavy atom. The van der Waals surface area contributed by atoms with Gasteiger partial charge in [-0.15, -0.1) is 0 Å². The first kappa shape index (κ1) is 43.3. The zero-order valence-electron chi connectivity index (χ0n) is 27.6. The Bertz CT molecular complexity index is 908. The number of hydrogen-bond acceptors (Lipinski definition) is 9. The highest BCUT2D eigenvalue weighted by molar-refractivity contribution is 8.15. The first-order valence-electron chi connectivity index (χ1n) is 15.2. The van der Waals surface area contributed by atoms with Crippen LogP contribution in [0.15, 0.2) is 24.3 Å². The van der Waals surface area contributed by atoms with Crippen LogP contribution in [0.25, 0.3) is 0 Å². The monoisotopic (exact) mass is 657 g/mol. The van der Waals surface area contributed by atoms with Crippen LogP contribution in [0.5, 0.6) is 5.75 Å². The van der Waals surface area contributed by atoms with Crippen LogP contribution in [0, 0.1) is 0 Å². The number of amides is 1. The number of hydrogen-bond donors (Lipinski definition) is 0. The molecule has 0 spiro atoms. The molecule has 10 heteroatoms. The number of nitrogens with zero attached hydrogens (tertiary/aromatic N) is 1. The highest BCUT2D eigenvalue weighted by Crippen LogP contribution is 2.24. The van der Waals surface area contributed by atoms with Crippen LogP contribution < -0.4 is 4.74 Å². The maximum absolute atomic E-state index is 11.6. The number of thioether (sulfide) groups is 3. The molecule has 0 aliphatic heterocycles. The Labute approximate surface area is 273 Å². The number of carbonyl (C=O) groups is 5. The van der Waals surface area contributed by atoms with Crippen LogP contribution in [-0.2, 0) is 30.4 Å². The van der Waals surface area contributed by atoms with Gasteiger partial charge >= 0.3 is 0 Å². The Kier molecular flexibility index (Phi) is 29.2. The molecule has 1 rings (SSSR count). The molecule has 1 amide bonds. The molecule has 7 nitrogen and oxygen atoms in total. The summed E-state index contributed by atoms with van der Waals surface area (Å²) in [6.07, 6.45) is 11.0. The Hall–Kier alpha value is -1.78. The number of rotatable bonds is 19. The first-order valence-corrected chi connectivity index (χ1v) is 18.0. The van der Waals surface area contributed by atoms with Crippen LogP contribution in [0.2, 0.25) is 0 Å². The average molecular weight is 658 g/mol. The Morgan fingerprint density at radius 1 is 0.814 bits per heavy atom. The SMILES string of the molecule is CC(=O)SC(Cc1ccc(OCCN(C)C=O)cc1)C(C)=O.CCCCC.CCCCCC(CCSC(C)=O)SC(C)=O. The van der Waals surface area contributed by atoms with Crippen molar-refractivity contribution < 1.29 is 28.7 Å². The number of Topliss-reactive ketones (excluding diaryl/α,β-unsaturated/α-hetero) is 1. The van der Waals surface area contributed by atoms with Gasteiger partial charge in [0, 0.05) is 38.8 Å². The fourth-order valence-corrected chi connectivity index (χ4v) is 6.24. The van der Waals surface area contributed by atoms with Crippen LogP contribution in [-0.4, -0.2) is 68.9 Å². The van der Waals surface area contributed by atoms with Crippen LogP contribution in [0.3, 0.4) is 0 Å². The minimum absolute atomic E-state index is 0.00238. The molecule has 0 aliphatic rings. The molecule has 0 fully saturated rings. The summed E-state index contributed by atoms with van der Waals surface area (Å²) in [5.74, 6) is 1.55. The zero-order chi connectivity index (χ0) is 33.0. The molecular weight excluding hydrogens is 603 g/mol. The summed E-state index contributed by atoms with van der Waals surface area (Å²) in [5, 5.41) is 0.357. The van der Waals surface area contributed by atoms with Crippen molar-refractivity contribution in [1.29, 1.82) is 0 Å². The molecule has 0 radical (unpaired) electrons. The molecule has 0 bridgehead atoms. The third-order valence-electron chi connectivity index (χ3n) is 5.91. The average Bonchev–Trinajstić information content (AvgIpc) is 2.94. The molecular formula is C33H55NO6S3. The topological polar surface area (TPSA) is 97.8 Å². The summed E-state index contributed by atoms with van der Waals surface area (Å²) >= 11 is 3.87. The minimum Gasteiger partial charge on any atom is -0.492 e. The third kappa shape index (κ3) is 28.7. The van der Waals surface area contributed by atoms with Gasteiger partial charge in [0.05, 0.1) is 11.8 Å². The highest BCUT2D eigenvalue weighted by atomic mass is 32.2. The molecule has 0 saturated carbocycles. The number of carbonyl (C=O) groups excluding carboxylic acids is 5. The number of benzene rings is 1. The Balaban J connectivity index is 0. The van der Waals surface area contributed by atoms with E-state index in [1.807, 2.05) is 24.3 Å². The van der Waals surface area contributed by atoms with E-state index in [0.717, 1.165) is 42.3 Å². The van der Waals surface area contributed by atoms with Crippen molar-refractivity contribution in [3.63, 3.8) is 0 Å². The van der Waals surface area contributed by atoms with Crippen molar-refractivity contribution in [3.8, 4) is 5.75 Å². The summed E-state index contributed by atoms with van der Waals surface area (Å²) in [4.78, 5) is 56.5. The first-order chi connectivity index (χ1) is 20.4. The summed E-state index contributed by atoms with van der Waals surface area (Å²) in [7, 11) is 1.69. The van der Waals surface area contributed by atoms with Crippen LogP contribution in [0.1, 0.15) is 105 Å². The number of unbranched alkanes of at least 4 members (excludes halogenated alkanes) is 4. The van der Waals surface area contributed by atoms with Gasteiger partial charge in [-0.3, -0.25) is 24.0 Å². The van der Waals surface area contributed by atoms with E-state index in [4.69, 9.17) is 4.74 Å². The van der Waals surface area contributed by atoms with Crippen molar-refractivity contribution in [2.45, 2.75) is 117 Å². The van der Waals surface area contributed by atoms with Gasteiger partial charge in [0.15, 0.2) is 15.3 Å². The van der Waals surface area contributed by atoms with Gasteiger partial charge < -0.3 is 9.64 Å². The molecule has 246 valence electrons. The molecule has 0 heterocycles. The van der Waals surface area contributed by atoms with E-state index < -0.39 is 0 Å². The smallest absolute Gasteiger partial charge is 0.209 e. The predicted octanol–water partition coefficient (Wildman–Crippen LogP) is 8.01. The molecule has 2 unspecified atom stereocenters. The quantitative estimate of drug-likeness (QED) is 0.108. The molecule has 43 heavy (non-hydrogen) atoms. The van der Waals surface area contributed by atoms with E-state index in [0.29, 0.717) is 30.6 Å². The number of ketones is 1. The lowest BCUT2D eigenvalue weighted by Crippen LogP contribution is -2.22. The highest BCUT2D eigenvalue weighted by Gasteiger charge is 2.18. The molecule has 1 aromatic carbocycles. The van der Waals surface area contributed by atoms with Crippen molar-refractivity contribution >= 4 is 62.8 Å².